The van der Waals surface area contributed by atoms with Gasteiger partial charge < -0.3 is 15.4 Å². The first kappa shape index (κ1) is 28.9. The van der Waals surface area contributed by atoms with Crippen LogP contribution in [0, 0.1) is 6.92 Å². The van der Waals surface area contributed by atoms with Crippen LogP contribution in [-0.2, 0) is 29.6 Å². The first-order chi connectivity index (χ1) is 18.4. The second-order valence-corrected chi connectivity index (χ2v) is 13.6. The molecule has 208 valence electrons. The molecule has 0 bridgehead atoms. The molecule has 0 aliphatic carbocycles. The van der Waals surface area contributed by atoms with E-state index in [2.05, 4.69) is 20.3 Å². The highest BCUT2D eigenvalue weighted by atomic mass is 35.5. The first-order valence-electron chi connectivity index (χ1n) is 11.4. The molecule has 1 fully saturated rings. The van der Waals surface area contributed by atoms with E-state index in [-0.39, 0.29) is 55.0 Å². The molecule has 1 aliphatic rings. The van der Waals surface area contributed by atoms with Crippen molar-refractivity contribution in [3.8, 4) is 0 Å². The summed E-state index contributed by atoms with van der Waals surface area (Å²) >= 11 is 6.86. The Bertz CT molecular complexity index is 1620. The summed E-state index contributed by atoms with van der Waals surface area (Å²) in [6.45, 7) is 3.90. The van der Waals surface area contributed by atoms with Crippen LogP contribution in [0.25, 0.3) is 0 Å². The molecular weight excluding hydrogens is 590 g/mol. The Labute approximate surface area is 234 Å². The fourth-order valence-electron chi connectivity index (χ4n) is 3.66. The molecule has 16 heteroatoms. The van der Waals surface area contributed by atoms with Gasteiger partial charge in [-0.1, -0.05) is 22.9 Å². The zero-order valence-corrected chi connectivity index (χ0v) is 23.9. The lowest BCUT2D eigenvalue weighted by Gasteiger charge is -2.26. The standard InChI is InChI=1S/C23H24ClN5O7S3/c1-14-22(37-23(25-14)26-15(2)30)38(32,33)28-20-8-3-16(24)13-19(20)21(31)27-17-4-6-18(7-5-17)39(34,35)29-9-11-36-12-10-29/h3-8,13,28H,9-12H2,1-2H3,(H,27,31)(H,25,26,30). The maximum absolute atomic E-state index is 13.1. The third-order valence-electron chi connectivity index (χ3n) is 5.47. The van der Waals surface area contributed by atoms with Crippen LogP contribution in [0.2, 0.25) is 5.02 Å². The van der Waals surface area contributed by atoms with Crippen molar-refractivity contribution in [2.75, 3.05) is 41.7 Å². The summed E-state index contributed by atoms with van der Waals surface area (Å²) < 4.78 is 60.7. The van der Waals surface area contributed by atoms with Crippen LogP contribution in [0.15, 0.2) is 51.6 Å². The van der Waals surface area contributed by atoms with Crippen molar-refractivity contribution in [3.63, 3.8) is 0 Å². The van der Waals surface area contributed by atoms with E-state index in [1.54, 1.807) is 0 Å². The molecule has 1 aliphatic heterocycles. The third-order valence-corrected chi connectivity index (χ3v) is 10.7. The maximum Gasteiger partial charge on any atom is 0.273 e. The van der Waals surface area contributed by atoms with Gasteiger partial charge in [-0.2, -0.15) is 4.31 Å². The third kappa shape index (κ3) is 6.74. The summed E-state index contributed by atoms with van der Waals surface area (Å²) in [6, 6.07) is 9.69. The Morgan fingerprint density at radius 2 is 1.69 bits per heavy atom. The van der Waals surface area contributed by atoms with Crippen molar-refractivity contribution < 1.29 is 31.2 Å². The number of nitrogens with zero attached hydrogens (tertiary/aromatic N) is 2. The van der Waals surface area contributed by atoms with Gasteiger partial charge in [0.05, 0.1) is 35.1 Å². The Hall–Kier alpha value is -3.08. The molecule has 0 saturated carbocycles. The number of carbonyl (C=O) groups excluding carboxylic acids is 2. The molecule has 0 radical (unpaired) electrons. The fraction of sp³-hybridized carbons (Fsp3) is 0.261. The van der Waals surface area contributed by atoms with E-state index < -0.39 is 31.9 Å². The lowest BCUT2D eigenvalue weighted by atomic mass is 10.1. The van der Waals surface area contributed by atoms with Crippen LogP contribution in [0.1, 0.15) is 23.0 Å². The highest BCUT2D eigenvalue weighted by molar-refractivity contribution is 7.94. The molecule has 2 amide bonds. The Kier molecular flexibility index (Phi) is 8.58. The summed E-state index contributed by atoms with van der Waals surface area (Å²) in [5.41, 5.74) is 0.342. The van der Waals surface area contributed by atoms with E-state index in [0.29, 0.717) is 13.2 Å². The SMILES string of the molecule is CC(=O)Nc1nc(C)c(S(=O)(=O)Nc2ccc(Cl)cc2C(=O)Nc2ccc(S(=O)(=O)N3CCOCC3)cc2)s1. The zero-order chi connectivity index (χ0) is 28.4. The number of halogens is 1. The number of carbonyl (C=O) groups is 2. The van der Waals surface area contributed by atoms with E-state index in [4.69, 9.17) is 16.3 Å². The van der Waals surface area contributed by atoms with Crippen molar-refractivity contribution in [1.82, 2.24) is 9.29 Å². The van der Waals surface area contributed by atoms with Crippen molar-refractivity contribution in [3.05, 3.63) is 58.7 Å². The summed E-state index contributed by atoms with van der Waals surface area (Å²) in [5, 5.41) is 5.39. The van der Waals surface area contributed by atoms with Crippen LogP contribution in [0.4, 0.5) is 16.5 Å². The topological polar surface area (TPSA) is 164 Å². The fourth-order valence-corrected chi connectivity index (χ4v) is 7.79. The second-order valence-electron chi connectivity index (χ2n) is 8.36. The highest BCUT2D eigenvalue weighted by Gasteiger charge is 2.27. The molecule has 3 N–H and O–H groups in total. The van der Waals surface area contributed by atoms with E-state index in [9.17, 15) is 26.4 Å². The van der Waals surface area contributed by atoms with E-state index in [1.807, 2.05) is 0 Å². The molecule has 2 heterocycles. The van der Waals surface area contributed by atoms with Crippen LogP contribution in [-0.4, -0.2) is 64.2 Å². The van der Waals surface area contributed by atoms with Gasteiger partial charge in [0.15, 0.2) is 9.34 Å². The molecule has 1 aromatic heterocycles. The van der Waals surface area contributed by atoms with Crippen LogP contribution in [0.5, 0.6) is 0 Å². The van der Waals surface area contributed by atoms with E-state index in [0.717, 1.165) is 11.3 Å². The number of rotatable bonds is 8. The number of aryl methyl sites for hydroxylation is 1. The zero-order valence-electron chi connectivity index (χ0n) is 20.7. The maximum atomic E-state index is 13.1. The van der Waals surface area contributed by atoms with Gasteiger partial charge in [0.1, 0.15) is 0 Å². The van der Waals surface area contributed by atoms with Gasteiger partial charge in [-0.15, -0.1) is 0 Å². The number of ether oxygens (including phenoxy) is 1. The van der Waals surface area contributed by atoms with Crippen LogP contribution >= 0.6 is 22.9 Å². The molecule has 2 aromatic carbocycles. The highest BCUT2D eigenvalue weighted by Crippen LogP contribution is 2.31. The Morgan fingerprint density at radius 3 is 2.33 bits per heavy atom. The number of hydrogen-bond acceptors (Lipinski definition) is 9. The number of anilines is 3. The summed E-state index contributed by atoms with van der Waals surface area (Å²) in [7, 11) is -7.89. The Morgan fingerprint density at radius 1 is 1.03 bits per heavy atom. The van der Waals surface area contributed by atoms with E-state index in [1.165, 1.54) is 60.6 Å². The Balaban J connectivity index is 1.54. The van der Waals surface area contributed by atoms with Crippen LogP contribution < -0.4 is 15.4 Å². The number of nitrogens with one attached hydrogen (secondary N) is 3. The lowest BCUT2D eigenvalue weighted by Crippen LogP contribution is -2.40. The molecule has 1 saturated heterocycles. The summed E-state index contributed by atoms with van der Waals surface area (Å²) in [6.07, 6.45) is 0. The normalized spacial score (nSPS) is 14.5. The number of morpholine rings is 1. The largest absolute Gasteiger partial charge is 0.379 e. The number of amides is 2. The van der Waals surface area contributed by atoms with Crippen molar-refractivity contribution in [2.24, 2.45) is 0 Å². The summed E-state index contributed by atoms with van der Waals surface area (Å²) in [5.74, 6) is -1.08. The molecule has 4 rings (SSSR count). The van der Waals surface area contributed by atoms with Gasteiger partial charge in [0, 0.05) is 30.7 Å². The number of sulfonamides is 2. The average Bonchev–Trinajstić information content (AvgIpc) is 3.26. The van der Waals surface area contributed by atoms with Gasteiger partial charge in [-0.25, -0.2) is 21.8 Å². The van der Waals surface area contributed by atoms with Gasteiger partial charge >= 0.3 is 0 Å². The van der Waals surface area contributed by atoms with Gasteiger partial charge in [-0.05, 0) is 49.4 Å². The minimum atomic E-state index is -4.18. The molecule has 3 aromatic rings. The molecule has 0 spiro atoms. The van der Waals surface area contributed by atoms with Crippen molar-refractivity contribution in [2.45, 2.75) is 23.0 Å². The molecular formula is C23H24ClN5O7S3. The predicted molar refractivity (Wildman–Crippen MR) is 147 cm³/mol. The number of aromatic nitrogens is 1. The molecule has 12 nitrogen and oxygen atoms in total. The van der Waals surface area contributed by atoms with Crippen molar-refractivity contribution in [1.29, 1.82) is 0 Å². The van der Waals surface area contributed by atoms with Gasteiger partial charge in [0.25, 0.3) is 15.9 Å². The van der Waals surface area contributed by atoms with Crippen molar-refractivity contribution >= 4 is 71.3 Å². The lowest BCUT2D eigenvalue weighted by molar-refractivity contribution is -0.114. The van der Waals surface area contributed by atoms with Gasteiger partial charge in [-0.3, -0.25) is 14.3 Å². The molecule has 0 unspecified atom stereocenters. The number of benzene rings is 2. The predicted octanol–water partition coefficient (Wildman–Crippen LogP) is 3.14. The minimum absolute atomic E-state index is 0.0442. The number of hydrogen-bond donors (Lipinski definition) is 3. The smallest absolute Gasteiger partial charge is 0.273 e. The monoisotopic (exact) mass is 613 g/mol. The van der Waals surface area contributed by atoms with Crippen LogP contribution in [0.3, 0.4) is 0 Å². The quantitative estimate of drug-likeness (QED) is 0.349. The van der Waals surface area contributed by atoms with E-state index >= 15 is 0 Å². The minimum Gasteiger partial charge on any atom is -0.379 e. The first-order valence-corrected chi connectivity index (χ1v) is 15.6. The average molecular weight is 614 g/mol. The molecule has 39 heavy (non-hydrogen) atoms. The second kappa shape index (κ2) is 11.6. The number of thiazole rings is 1. The summed E-state index contributed by atoms with van der Waals surface area (Å²) in [4.78, 5) is 28.6. The van der Waals surface area contributed by atoms with Gasteiger partial charge in [0.2, 0.25) is 15.9 Å². The molecule has 0 atom stereocenters.